The fourth-order valence-corrected chi connectivity index (χ4v) is 1.06. The van der Waals surface area contributed by atoms with Gasteiger partial charge in [-0.3, -0.25) is 9.69 Å². The van der Waals surface area contributed by atoms with Gasteiger partial charge < -0.3 is 9.47 Å². The second kappa shape index (κ2) is 8.59. The lowest BCUT2D eigenvalue weighted by atomic mass is 10.3. The molecule has 0 atom stereocenters. The summed E-state index contributed by atoms with van der Waals surface area (Å²) < 4.78 is 10.1. The van der Waals surface area contributed by atoms with E-state index in [2.05, 4.69) is 0 Å². The van der Waals surface area contributed by atoms with Crippen molar-refractivity contribution >= 4 is 5.78 Å². The van der Waals surface area contributed by atoms with Crippen molar-refractivity contribution in [3.05, 3.63) is 12.2 Å². The number of methoxy groups -OCH3 is 2. The number of carbonyl (C=O) groups is 1. The molecule has 0 saturated heterocycles. The molecule has 88 valence electrons. The van der Waals surface area contributed by atoms with Crippen LogP contribution in [0, 0.1) is 0 Å². The van der Waals surface area contributed by atoms with Crippen LogP contribution in [0.15, 0.2) is 12.2 Å². The number of allylic oxidation sites excluding steroid dienone is 1. The molecule has 15 heavy (non-hydrogen) atoms. The van der Waals surface area contributed by atoms with Gasteiger partial charge in [0.1, 0.15) is 0 Å². The summed E-state index contributed by atoms with van der Waals surface area (Å²) in [6.07, 6.45) is 3.81. The monoisotopic (exact) mass is 215 g/mol. The molecule has 0 fully saturated rings. The van der Waals surface area contributed by atoms with E-state index in [1.165, 1.54) is 0 Å². The quantitative estimate of drug-likeness (QED) is 0.448. The number of hydrogen-bond acceptors (Lipinski definition) is 4. The topological polar surface area (TPSA) is 38.8 Å². The second-order valence-electron chi connectivity index (χ2n) is 3.34. The van der Waals surface area contributed by atoms with Crippen molar-refractivity contribution < 1.29 is 14.3 Å². The van der Waals surface area contributed by atoms with Crippen LogP contribution in [0.4, 0.5) is 0 Å². The van der Waals surface area contributed by atoms with E-state index in [4.69, 9.17) is 9.47 Å². The zero-order valence-electron chi connectivity index (χ0n) is 10.0. The number of carbonyl (C=O) groups excluding carboxylic acids is 1. The molecule has 0 spiro atoms. The third-order valence-corrected chi connectivity index (χ3v) is 2.06. The number of nitrogens with zero attached hydrogens (tertiary/aromatic N) is 1. The first-order chi connectivity index (χ1) is 7.13. The fourth-order valence-electron chi connectivity index (χ4n) is 1.06. The number of hydrogen-bond donors (Lipinski definition) is 0. The summed E-state index contributed by atoms with van der Waals surface area (Å²) in [6.45, 7) is 3.24. The van der Waals surface area contributed by atoms with Gasteiger partial charge in [-0.1, -0.05) is 13.0 Å². The second-order valence-corrected chi connectivity index (χ2v) is 3.34. The van der Waals surface area contributed by atoms with Crippen molar-refractivity contribution in [2.45, 2.75) is 19.6 Å². The highest BCUT2D eigenvalue weighted by Gasteiger charge is 2.07. The van der Waals surface area contributed by atoms with Gasteiger partial charge in [-0.05, 0) is 13.1 Å². The predicted octanol–water partition coefficient (Wildman–Crippen LogP) is 1.07. The molecule has 0 N–H and O–H groups in total. The van der Waals surface area contributed by atoms with Gasteiger partial charge in [0.2, 0.25) is 0 Å². The summed E-state index contributed by atoms with van der Waals surface area (Å²) in [5.74, 6) is 0.151. The Morgan fingerprint density at radius 3 is 2.47 bits per heavy atom. The lowest BCUT2D eigenvalue weighted by Gasteiger charge is -2.20. The van der Waals surface area contributed by atoms with Crippen molar-refractivity contribution in [2.24, 2.45) is 0 Å². The van der Waals surface area contributed by atoms with Crippen LogP contribution in [-0.4, -0.2) is 51.3 Å². The van der Waals surface area contributed by atoms with Gasteiger partial charge in [-0.25, -0.2) is 0 Å². The lowest BCUT2D eigenvalue weighted by Crippen LogP contribution is -2.31. The standard InChI is InChI=1S/C11H21NO3/c1-5-10(13)7-6-8-12(2)9-11(14-3)15-4/h6-7,11H,5,8-9H2,1-4H3/b7-6+. The minimum atomic E-state index is -0.217. The van der Waals surface area contributed by atoms with Gasteiger partial charge >= 0.3 is 0 Å². The summed E-state index contributed by atoms with van der Waals surface area (Å²) in [4.78, 5) is 13.0. The molecule has 0 aromatic heterocycles. The summed E-state index contributed by atoms with van der Waals surface area (Å²) in [7, 11) is 5.17. The minimum Gasteiger partial charge on any atom is -0.355 e. The first kappa shape index (κ1) is 14.3. The van der Waals surface area contributed by atoms with Crippen LogP contribution in [0.2, 0.25) is 0 Å². The fraction of sp³-hybridized carbons (Fsp3) is 0.727. The van der Waals surface area contributed by atoms with Gasteiger partial charge in [-0.15, -0.1) is 0 Å². The maximum Gasteiger partial charge on any atom is 0.169 e. The predicted molar refractivity (Wildman–Crippen MR) is 59.7 cm³/mol. The van der Waals surface area contributed by atoms with Crippen LogP contribution < -0.4 is 0 Å². The van der Waals surface area contributed by atoms with Crippen LogP contribution >= 0.6 is 0 Å². The molecule has 0 aromatic rings. The van der Waals surface area contributed by atoms with Gasteiger partial charge in [-0.2, -0.15) is 0 Å². The molecule has 0 aliphatic carbocycles. The summed E-state index contributed by atoms with van der Waals surface area (Å²) in [5.41, 5.74) is 0. The highest BCUT2D eigenvalue weighted by Crippen LogP contribution is 1.95. The van der Waals surface area contributed by atoms with E-state index in [1.807, 2.05) is 24.9 Å². The Kier molecular flexibility index (Phi) is 8.18. The third kappa shape index (κ3) is 7.25. The molecule has 0 aliphatic heterocycles. The highest BCUT2D eigenvalue weighted by molar-refractivity contribution is 5.89. The van der Waals surface area contributed by atoms with E-state index in [9.17, 15) is 4.79 Å². The van der Waals surface area contributed by atoms with Crippen LogP contribution in [0.3, 0.4) is 0 Å². The van der Waals surface area contributed by atoms with Crippen LogP contribution in [0.5, 0.6) is 0 Å². The maximum absolute atomic E-state index is 11.0. The Bertz CT molecular complexity index is 200. The smallest absolute Gasteiger partial charge is 0.169 e. The van der Waals surface area contributed by atoms with E-state index < -0.39 is 0 Å². The lowest BCUT2D eigenvalue weighted by molar-refractivity contribution is -0.114. The molecule has 0 rings (SSSR count). The van der Waals surface area contributed by atoms with Gasteiger partial charge in [0.05, 0.1) is 0 Å². The summed E-state index contributed by atoms with van der Waals surface area (Å²) in [6, 6.07) is 0. The first-order valence-corrected chi connectivity index (χ1v) is 5.07. The third-order valence-electron chi connectivity index (χ3n) is 2.06. The van der Waals surface area contributed by atoms with Crippen molar-refractivity contribution in [3.8, 4) is 0 Å². The molecular formula is C11H21NO3. The molecular weight excluding hydrogens is 194 g/mol. The van der Waals surface area contributed by atoms with Gasteiger partial charge in [0, 0.05) is 33.7 Å². The molecule has 0 aromatic carbocycles. The summed E-state index contributed by atoms with van der Waals surface area (Å²) in [5, 5.41) is 0. The Labute approximate surface area is 91.8 Å². The first-order valence-electron chi connectivity index (χ1n) is 5.07. The molecule has 0 heterocycles. The van der Waals surface area contributed by atoms with E-state index in [1.54, 1.807) is 20.3 Å². The van der Waals surface area contributed by atoms with E-state index in [0.717, 1.165) is 6.54 Å². The SMILES string of the molecule is CCC(=O)/C=C/CN(C)CC(OC)OC. The van der Waals surface area contributed by atoms with E-state index in [0.29, 0.717) is 13.0 Å². The Hall–Kier alpha value is -0.710. The van der Waals surface area contributed by atoms with Crippen molar-refractivity contribution in [1.82, 2.24) is 4.90 Å². The van der Waals surface area contributed by atoms with E-state index in [-0.39, 0.29) is 12.1 Å². The molecule has 0 unspecified atom stereocenters. The molecule has 4 nitrogen and oxygen atoms in total. The average molecular weight is 215 g/mol. The van der Waals surface area contributed by atoms with Gasteiger partial charge in [0.25, 0.3) is 0 Å². The number of ether oxygens (including phenoxy) is 2. The molecule has 0 amide bonds. The number of rotatable bonds is 8. The van der Waals surface area contributed by atoms with Crippen LogP contribution in [0.1, 0.15) is 13.3 Å². The molecule has 0 aliphatic rings. The Morgan fingerprint density at radius 1 is 1.40 bits per heavy atom. The molecule has 0 saturated carbocycles. The Balaban J connectivity index is 3.78. The van der Waals surface area contributed by atoms with Crippen molar-refractivity contribution in [2.75, 3.05) is 34.4 Å². The van der Waals surface area contributed by atoms with E-state index >= 15 is 0 Å². The zero-order valence-corrected chi connectivity index (χ0v) is 10.0. The summed E-state index contributed by atoms with van der Waals surface area (Å²) >= 11 is 0. The number of likely N-dealkylation sites (N-methyl/N-ethyl adjacent to an activating group) is 1. The van der Waals surface area contributed by atoms with Gasteiger partial charge in [0.15, 0.2) is 12.1 Å². The molecule has 4 heteroatoms. The maximum atomic E-state index is 11.0. The molecule has 0 radical (unpaired) electrons. The molecule has 0 bridgehead atoms. The largest absolute Gasteiger partial charge is 0.355 e. The average Bonchev–Trinajstić information content (AvgIpc) is 2.25. The Morgan fingerprint density at radius 2 is 2.00 bits per heavy atom. The normalized spacial score (nSPS) is 11.9. The highest BCUT2D eigenvalue weighted by atomic mass is 16.7. The number of ketones is 1. The zero-order chi connectivity index (χ0) is 11.7. The van der Waals surface area contributed by atoms with Crippen molar-refractivity contribution in [3.63, 3.8) is 0 Å². The van der Waals surface area contributed by atoms with Crippen molar-refractivity contribution in [1.29, 1.82) is 0 Å². The van der Waals surface area contributed by atoms with Crippen LogP contribution in [-0.2, 0) is 14.3 Å². The minimum absolute atomic E-state index is 0.151. The van der Waals surface area contributed by atoms with Crippen LogP contribution in [0.25, 0.3) is 0 Å².